The molecular weight excluding hydrogens is 815 g/mol. The van der Waals surface area contributed by atoms with Crippen molar-refractivity contribution in [3.63, 3.8) is 0 Å². The molecule has 0 saturated carbocycles. The van der Waals surface area contributed by atoms with Crippen molar-refractivity contribution in [2.45, 2.75) is 347 Å². The fourth-order valence-corrected chi connectivity index (χ4v) is 9.46. The third kappa shape index (κ3) is 52.0. The predicted octanol–water partition coefficient (Wildman–Crippen LogP) is 18.5. The zero-order valence-corrected chi connectivity index (χ0v) is 44.7. The van der Waals surface area contributed by atoms with Gasteiger partial charge < -0.3 is 20.3 Å². The van der Waals surface area contributed by atoms with Crippen molar-refractivity contribution < 1.29 is 24.5 Å². The lowest BCUT2D eigenvalue weighted by Gasteiger charge is -2.22. The molecule has 6 nitrogen and oxygen atoms in total. The minimum atomic E-state index is -0.673. The molecule has 0 aliphatic rings. The first-order valence-corrected chi connectivity index (χ1v) is 29.9. The van der Waals surface area contributed by atoms with Crippen LogP contribution in [0.5, 0.6) is 0 Å². The third-order valence-corrected chi connectivity index (χ3v) is 14.1. The number of allylic oxidation sites excluding steroid dienone is 2. The van der Waals surface area contributed by atoms with Crippen LogP contribution in [-0.2, 0) is 14.3 Å². The van der Waals surface area contributed by atoms with Crippen molar-refractivity contribution >= 4 is 11.9 Å². The molecular formula is C60H117NO5. The van der Waals surface area contributed by atoms with Crippen LogP contribution in [0, 0.1) is 0 Å². The van der Waals surface area contributed by atoms with Gasteiger partial charge in [-0.05, 0) is 51.4 Å². The standard InChI is InChI=1S/C60H117NO5/c1-3-5-7-9-11-13-15-17-19-21-22-24-25-28-32-36-40-44-48-52-58(63)57(56-62)61-59(64)53-49-45-41-37-33-29-27-31-35-39-43-47-51-55-66-60(65)54-50-46-42-38-34-30-26-23-20-18-16-14-12-10-8-6-4-2/h18,20,57-58,62-63H,3-17,19,21-56H2,1-2H3,(H,61,64)/b20-18-. The molecule has 0 spiro atoms. The Morgan fingerprint density at radius 3 is 1.08 bits per heavy atom. The fourth-order valence-electron chi connectivity index (χ4n) is 9.46. The Morgan fingerprint density at radius 1 is 0.409 bits per heavy atom. The number of hydrogen-bond donors (Lipinski definition) is 3. The lowest BCUT2D eigenvalue weighted by atomic mass is 10.0. The smallest absolute Gasteiger partial charge is 0.305 e. The minimum Gasteiger partial charge on any atom is -0.466 e. The van der Waals surface area contributed by atoms with Crippen LogP contribution < -0.4 is 5.32 Å². The summed E-state index contributed by atoms with van der Waals surface area (Å²) in [6.07, 6.45) is 66.3. The summed E-state index contributed by atoms with van der Waals surface area (Å²) in [5.41, 5.74) is 0. The second-order valence-corrected chi connectivity index (χ2v) is 20.7. The Kier molecular flexibility index (Phi) is 55.0. The molecule has 2 unspecified atom stereocenters. The number of nitrogens with one attached hydrogen (secondary N) is 1. The minimum absolute atomic E-state index is 0.00767. The van der Waals surface area contributed by atoms with E-state index in [0.717, 1.165) is 51.4 Å². The number of carbonyl (C=O) groups excluding carboxylic acids is 2. The number of carbonyl (C=O) groups is 2. The monoisotopic (exact) mass is 932 g/mol. The van der Waals surface area contributed by atoms with E-state index in [1.165, 1.54) is 250 Å². The molecule has 0 saturated heterocycles. The zero-order chi connectivity index (χ0) is 47.9. The lowest BCUT2D eigenvalue weighted by Crippen LogP contribution is -2.45. The molecule has 0 aromatic heterocycles. The van der Waals surface area contributed by atoms with Gasteiger partial charge in [-0.25, -0.2) is 0 Å². The van der Waals surface area contributed by atoms with Crippen LogP contribution in [-0.4, -0.2) is 47.4 Å². The molecule has 0 aliphatic carbocycles. The van der Waals surface area contributed by atoms with Crippen LogP contribution >= 0.6 is 0 Å². The molecule has 0 aliphatic heterocycles. The second-order valence-electron chi connectivity index (χ2n) is 20.7. The van der Waals surface area contributed by atoms with Gasteiger partial charge in [0.05, 0.1) is 25.4 Å². The molecule has 6 heteroatoms. The van der Waals surface area contributed by atoms with E-state index in [0.29, 0.717) is 25.9 Å². The molecule has 0 heterocycles. The highest BCUT2D eigenvalue weighted by molar-refractivity contribution is 5.76. The van der Waals surface area contributed by atoms with E-state index < -0.39 is 12.1 Å². The Morgan fingerprint density at radius 2 is 0.712 bits per heavy atom. The molecule has 0 aromatic rings. The van der Waals surface area contributed by atoms with Crippen molar-refractivity contribution in [3.05, 3.63) is 12.2 Å². The van der Waals surface area contributed by atoms with Gasteiger partial charge in [-0.2, -0.15) is 0 Å². The number of unbranched alkanes of at least 4 members (excludes halogenated alkanes) is 43. The van der Waals surface area contributed by atoms with Gasteiger partial charge in [-0.3, -0.25) is 9.59 Å². The van der Waals surface area contributed by atoms with Crippen molar-refractivity contribution in [2.75, 3.05) is 13.2 Å². The number of esters is 1. The number of aliphatic hydroxyl groups is 2. The predicted molar refractivity (Wildman–Crippen MR) is 287 cm³/mol. The van der Waals surface area contributed by atoms with Crippen molar-refractivity contribution in [3.8, 4) is 0 Å². The highest BCUT2D eigenvalue weighted by atomic mass is 16.5. The van der Waals surface area contributed by atoms with Crippen molar-refractivity contribution in [1.82, 2.24) is 5.32 Å². The average Bonchev–Trinajstić information content (AvgIpc) is 3.32. The zero-order valence-electron chi connectivity index (χ0n) is 44.7. The van der Waals surface area contributed by atoms with Gasteiger partial charge in [-0.1, -0.05) is 283 Å². The summed E-state index contributed by atoms with van der Waals surface area (Å²) < 4.78 is 5.48. The van der Waals surface area contributed by atoms with Crippen LogP contribution in [0.15, 0.2) is 12.2 Å². The van der Waals surface area contributed by atoms with Gasteiger partial charge in [0.2, 0.25) is 5.91 Å². The largest absolute Gasteiger partial charge is 0.466 e. The number of amides is 1. The number of aliphatic hydroxyl groups excluding tert-OH is 2. The normalized spacial score (nSPS) is 12.6. The first kappa shape index (κ1) is 64.6. The second kappa shape index (κ2) is 56.2. The van der Waals surface area contributed by atoms with Gasteiger partial charge in [0.25, 0.3) is 0 Å². The molecule has 0 fully saturated rings. The molecule has 392 valence electrons. The van der Waals surface area contributed by atoms with Crippen molar-refractivity contribution in [2.24, 2.45) is 0 Å². The summed E-state index contributed by atoms with van der Waals surface area (Å²) in [6, 6.07) is -0.551. The van der Waals surface area contributed by atoms with Crippen molar-refractivity contribution in [1.29, 1.82) is 0 Å². The van der Waals surface area contributed by atoms with Gasteiger partial charge in [0.15, 0.2) is 0 Å². The Bertz CT molecular complexity index is 986. The van der Waals surface area contributed by atoms with Gasteiger partial charge in [0.1, 0.15) is 0 Å². The summed E-state index contributed by atoms with van der Waals surface area (Å²) in [4.78, 5) is 24.6. The Hall–Kier alpha value is -1.40. The first-order chi connectivity index (χ1) is 32.5. The Labute approximate surface area is 412 Å². The van der Waals surface area contributed by atoms with Gasteiger partial charge in [-0.15, -0.1) is 0 Å². The average molecular weight is 933 g/mol. The molecule has 0 bridgehead atoms. The van der Waals surface area contributed by atoms with E-state index >= 15 is 0 Å². The molecule has 0 radical (unpaired) electrons. The van der Waals surface area contributed by atoms with E-state index in [2.05, 4.69) is 31.3 Å². The molecule has 66 heavy (non-hydrogen) atoms. The van der Waals surface area contributed by atoms with E-state index in [4.69, 9.17) is 4.74 Å². The molecule has 0 aromatic carbocycles. The van der Waals surface area contributed by atoms with Crippen LogP contribution in [0.2, 0.25) is 0 Å². The quantitative estimate of drug-likeness (QED) is 0.0321. The molecule has 0 rings (SSSR count). The Balaban J connectivity index is 3.43. The summed E-state index contributed by atoms with van der Waals surface area (Å²) in [5.74, 6) is -0.0523. The van der Waals surface area contributed by atoms with E-state index in [-0.39, 0.29) is 18.5 Å². The topological polar surface area (TPSA) is 95.9 Å². The van der Waals surface area contributed by atoms with Crippen LogP contribution in [0.1, 0.15) is 335 Å². The van der Waals surface area contributed by atoms with Crippen LogP contribution in [0.3, 0.4) is 0 Å². The summed E-state index contributed by atoms with van der Waals surface area (Å²) in [7, 11) is 0. The highest BCUT2D eigenvalue weighted by Gasteiger charge is 2.20. The van der Waals surface area contributed by atoms with Crippen LogP contribution in [0.4, 0.5) is 0 Å². The fraction of sp³-hybridized carbons (Fsp3) is 0.933. The van der Waals surface area contributed by atoms with Gasteiger partial charge in [0, 0.05) is 12.8 Å². The SMILES string of the molecule is CCCCCCCC/C=C\CCCCCCCCCC(=O)OCCCCCCCCCCCCCCCC(=O)NC(CO)C(O)CCCCCCCCCCCCCCCCCCCCC. The maximum atomic E-state index is 12.5. The summed E-state index contributed by atoms with van der Waals surface area (Å²) in [5, 5.41) is 23.3. The maximum Gasteiger partial charge on any atom is 0.305 e. The molecule has 3 N–H and O–H groups in total. The van der Waals surface area contributed by atoms with E-state index in [9.17, 15) is 19.8 Å². The van der Waals surface area contributed by atoms with E-state index in [1.807, 2.05) is 0 Å². The maximum absolute atomic E-state index is 12.5. The summed E-state index contributed by atoms with van der Waals surface area (Å²) >= 11 is 0. The van der Waals surface area contributed by atoms with Gasteiger partial charge >= 0.3 is 5.97 Å². The first-order valence-electron chi connectivity index (χ1n) is 29.9. The number of rotatable bonds is 56. The highest BCUT2D eigenvalue weighted by Crippen LogP contribution is 2.18. The number of ether oxygens (including phenoxy) is 1. The third-order valence-electron chi connectivity index (χ3n) is 14.1. The number of hydrogen-bond acceptors (Lipinski definition) is 5. The summed E-state index contributed by atoms with van der Waals surface area (Å²) in [6.45, 7) is 4.95. The lowest BCUT2D eigenvalue weighted by molar-refractivity contribution is -0.143. The van der Waals surface area contributed by atoms with Crippen LogP contribution in [0.25, 0.3) is 0 Å². The van der Waals surface area contributed by atoms with E-state index in [1.54, 1.807) is 0 Å². The molecule has 2 atom stereocenters. The molecule has 1 amide bonds.